The van der Waals surface area contributed by atoms with Crippen LogP contribution >= 0.6 is 22.9 Å². The zero-order valence-corrected chi connectivity index (χ0v) is 15.6. The molecular formula is C18H10ClFN6OS. The first-order valence-electron chi connectivity index (χ1n) is 7.91. The summed E-state index contributed by atoms with van der Waals surface area (Å²) < 4.78 is 14.8. The molecule has 0 aliphatic heterocycles. The van der Waals surface area contributed by atoms with Crippen LogP contribution in [0.5, 0.6) is 0 Å². The summed E-state index contributed by atoms with van der Waals surface area (Å²) in [6.07, 6.45) is 2.36. The van der Waals surface area contributed by atoms with Crippen LogP contribution in [0.25, 0.3) is 25.6 Å². The molecule has 0 unspecified atom stereocenters. The van der Waals surface area contributed by atoms with Crippen molar-refractivity contribution in [1.82, 2.24) is 19.9 Å². The average molecular weight is 413 g/mol. The fourth-order valence-electron chi connectivity index (χ4n) is 2.57. The summed E-state index contributed by atoms with van der Waals surface area (Å²) in [5.74, 6) is 0.159. The van der Waals surface area contributed by atoms with Gasteiger partial charge in [-0.05, 0) is 6.07 Å². The Morgan fingerprint density at radius 2 is 2.14 bits per heavy atom. The fraction of sp³-hybridized carbons (Fsp3) is 0.0556. The van der Waals surface area contributed by atoms with Crippen LogP contribution in [-0.2, 0) is 6.61 Å². The van der Waals surface area contributed by atoms with E-state index in [0.717, 1.165) is 6.20 Å². The number of nitrogens with one attached hydrogen (secondary N) is 1. The van der Waals surface area contributed by atoms with Gasteiger partial charge >= 0.3 is 0 Å². The first kappa shape index (κ1) is 18.2. The van der Waals surface area contributed by atoms with Crippen molar-refractivity contribution in [3.8, 4) is 10.6 Å². The van der Waals surface area contributed by atoms with Crippen molar-refractivity contribution < 1.29 is 9.50 Å². The zero-order chi connectivity index (χ0) is 19.7. The average Bonchev–Trinajstić information content (AvgIpc) is 3.16. The number of aliphatic hydroxyl groups is 1. The van der Waals surface area contributed by atoms with Gasteiger partial charge in [-0.1, -0.05) is 23.7 Å². The molecule has 4 aromatic rings. The molecule has 3 aromatic heterocycles. The topological polar surface area (TPSA) is 88.2 Å². The third kappa shape index (κ3) is 3.25. The first-order chi connectivity index (χ1) is 13.6. The molecule has 0 bridgehead atoms. The summed E-state index contributed by atoms with van der Waals surface area (Å²) >= 11 is 7.44. The van der Waals surface area contributed by atoms with Crippen LogP contribution in [0.1, 0.15) is 5.69 Å². The van der Waals surface area contributed by atoms with E-state index in [0.29, 0.717) is 43.3 Å². The van der Waals surface area contributed by atoms with Gasteiger partial charge in [-0.15, -0.1) is 11.3 Å². The van der Waals surface area contributed by atoms with Crippen LogP contribution in [0.2, 0.25) is 5.02 Å². The molecule has 0 amide bonds. The Morgan fingerprint density at radius 3 is 2.93 bits per heavy atom. The minimum Gasteiger partial charge on any atom is -0.390 e. The first-order valence-corrected chi connectivity index (χ1v) is 9.10. The van der Waals surface area contributed by atoms with Gasteiger partial charge in [-0.2, -0.15) is 0 Å². The van der Waals surface area contributed by atoms with E-state index >= 15 is 0 Å². The Bertz CT molecular complexity index is 1240. The number of rotatable bonds is 4. The van der Waals surface area contributed by atoms with Gasteiger partial charge in [-0.3, -0.25) is 0 Å². The fourth-order valence-corrected chi connectivity index (χ4v) is 3.97. The highest BCUT2D eigenvalue weighted by molar-refractivity contribution is 7.22. The number of thiazole rings is 1. The van der Waals surface area contributed by atoms with E-state index < -0.39 is 5.82 Å². The lowest BCUT2D eigenvalue weighted by atomic mass is 10.2. The molecule has 0 saturated heterocycles. The minimum absolute atomic E-state index is 0.116. The molecule has 28 heavy (non-hydrogen) atoms. The van der Waals surface area contributed by atoms with Crippen LogP contribution in [0, 0.1) is 12.4 Å². The number of aliphatic hydroxyl groups excluding tert-OH is 1. The Morgan fingerprint density at radius 1 is 1.29 bits per heavy atom. The number of anilines is 2. The maximum absolute atomic E-state index is 14.3. The molecule has 4 rings (SSSR count). The molecule has 0 fully saturated rings. The van der Waals surface area contributed by atoms with Crippen molar-refractivity contribution in [2.75, 3.05) is 5.32 Å². The lowest BCUT2D eigenvalue weighted by Gasteiger charge is -2.06. The molecule has 138 valence electrons. The molecule has 2 N–H and O–H groups in total. The van der Waals surface area contributed by atoms with E-state index in [1.807, 2.05) is 0 Å². The molecule has 0 aliphatic rings. The second-order valence-electron chi connectivity index (χ2n) is 5.57. The maximum Gasteiger partial charge on any atom is 0.198 e. The SMILES string of the molecule is [C-]#[N+]c1cccc(Cl)c1-c1nc2c(F)cnc(Nc3cc(CO)ncn3)c2s1. The third-order valence-corrected chi connectivity index (χ3v) is 5.23. The summed E-state index contributed by atoms with van der Waals surface area (Å²) in [4.78, 5) is 19.9. The highest BCUT2D eigenvalue weighted by Crippen LogP contribution is 2.42. The van der Waals surface area contributed by atoms with E-state index in [-0.39, 0.29) is 12.1 Å². The second-order valence-corrected chi connectivity index (χ2v) is 6.98. The van der Waals surface area contributed by atoms with Crippen molar-refractivity contribution >= 4 is 50.5 Å². The number of hydrogen-bond donors (Lipinski definition) is 2. The molecule has 0 radical (unpaired) electrons. The molecule has 0 aliphatic carbocycles. The quantitative estimate of drug-likeness (QED) is 0.471. The van der Waals surface area contributed by atoms with Crippen LogP contribution in [-0.4, -0.2) is 25.0 Å². The predicted molar refractivity (Wildman–Crippen MR) is 105 cm³/mol. The van der Waals surface area contributed by atoms with E-state index in [2.05, 4.69) is 30.1 Å². The number of benzene rings is 1. The van der Waals surface area contributed by atoms with Gasteiger partial charge in [0.15, 0.2) is 17.3 Å². The smallest absolute Gasteiger partial charge is 0.198 e. The standard InChI is InChI=1S/C18H10ClFN6OS/c1-21-12-4-2-3-10(19)14(12)18-26-15-11(20)6-22-17(16(15)28-18)25-13-5-9(7-27)23-8-24-13/h2-6,8,27H,7H2,(H,22,23,24,25). The van der Waals surface area contributed by atoms with Gasteiger partial charge in [0.2, 0.25) is 0 Å². The minimum atomic E-state index is -0.585. The van der Waals surface area contributed by atoms with Crippen LogP contribution in [0.4, 0.5) is 21.7 Å². The van der Waals surface area contributed by atoms with Crippen LogP contribution < -0.4 is 5.32 Å². The summed E-state index contributed by atoms with van der Waals surface area (Å²) in [5, 5.41) is 13.0. The summed E-state index contributed by atoms with van der Waals surface area (Å²) in [7, 11) is 0. The predicted octanol–water partition coefficient (Wildman–Crippen LogP) is 4.73. The monoisotopic (exact) mass is 412 g/mol. The lowest BCUT2D eigenvalue weighted by Crippen LogP contribution is -1.99. The van der Waals surface area contributed by atoms with Crippen molar-refractivity contribution in [3.05, 3.63) is 64.7 Å². The highest BCUT2D eigenvalue weighted by atomic mass is 35.5. The second kappa shape index (κ2) is 7.44. The van der Waals surface area contributed by atoms with Gasteiger partial charge in [0.25, 0.3) is 0 Å². The summed E-state index contributed by atoms with van der Waals surface area (Å²) in [5.41, 5.74) is 1.33. The molecule has 7 nitrogen and oxygen atoms in total. The van der Waals surface area contributed by atoms with Gasteiger partial charge in [-0.25, -0.2) is 29.2 Å². The third-order valence-electron chi connectivity index (χ3n) is 3.83. The molecule has 0 spiro atoms. The summed E-state index contributed by atoms with van der Waals surface area (Å²) in [6, 6.07) is 6.52. The number of aromatic nitrogens is 4. The van der Waals surface area contributed by atoms with Gasteiger partial charge in [0.1, 0.15) is 27.4 Å². The van der Waals surface area contributed by atoms with E-state index in [9.17, 15) is 9.50 Å². The molecule has 3 heterocycles. The highest BCUT2D eigenvalue weighted by Gasteiger charge is 2.19. The van der Waals surface area contributed by atoms with Crippen molar-refractivity contribution in [1.29, 1.82) is 0 Å². The lowest BCUT2D eigenvalue weighted by molar-refractivity contribution is 0.276. The van der Waals surface area contributed by atoms with Crippen molar-refractivity contribution in [3.63, 3.8) is 0 Å². The Hall–Kier alpha value is -3.19. The number of nitrogens with zero attached hydrogens (tertiary/aromatic N) is 5. The number of halogens is 2. The molecule has 0 atom stereocenters. The summed E-state index contributed by atoms with van der Waals surface area (Å²) in [6.45, 7) is 7.11. The van der Waals surface area contributed by atoms with Crippen molar-refractivity contribution in [2.45, 2.75) is 6.61 Å². The van der Waals surface area contributed by atoms with Gasteiger partial charge < -0.3 is 10.4 Å². The molecule has 1 aromatic carbocycles. The Balaban J connectivity index is 1.85. The normalized spacial score (nSPS) is 10.8. The largest absolute Gasteiger partial charge is 0.390 e. The Kier molecular flexibility index (Phi) is 4.83. The number of hydrogen-bond acceptors (Lipinski definition) is 7. The zero-order valence-electron chi connectivity index (χ0n) is 14.0. The molecular weight excluding hydrogens is 403 g/mol. The molecule has 10 heteroatoms. The van der Waals surface area contributed by atoms with Crippen LogP contribution in [0.15, 0.2) is 36.8 Å². The Labute approximate surface area is 167 Å². The van der Waals surface area contributed by atoms with E-state index in [1.54, 1.807) is 24.3 Å². The van der Waals surface area contributed by atoms with Crippen molar-refractivity contribution in [2.24, 2.45) is 0 Å². The van der Waals surface area contributed by atoms with Gasteiger partial charge in [0.05, 0.1) is 25.1 Å². The number of fused-ring (bicyclic) bond motifs is 1. The van der Waals surface area contributed by atoms with E-state index in [4.69, 9.17) is 18.2 Å². The van der Waals surface area contributed by atoms with Crippen LogP contribution in [0.3, 0.4) is 0 Å². The maximum atomic E-state index is 14.3. The van der Waals surface area contributed by atoms with E-state index in [1.165, 1.54) is 17.7 Å². The van der Waals surface area contributed by atoms with Gasteiger partial charge in [0, 0.05) is 16.7 Å². The molecule has 0 saturated carbocycles. The number of pyridine rings is 1.